The lowest BCUT2D eigenvalue weighted by molar-refractivity contribution is -0.123. The van der Waals surface area contributed by atoms with Crippen molar-refractivity contribution in [1.82, 2.24) is 10.2 Å². The first-order valence-electron chi connectivity index (χ1n) is 6.59. The second-order valence-corrected chi connectivity index (χ2v) is 5.09. The van der Waals surface area contributed by atoms with Gasteiger partial charge in [-0.2, -0.15) is 0 Å². The molecule has 0 aliphatic carbocycles. The number of ether oxygens (including phenoxy) is 1. The Bertz CT molecular complexity index is 260. The summed E-state index contributed by atoms with van der Waals surface area (Å²) in [5.74, 6) is 0.131. The van der Waals surface area contributed by atoms with Gasteiger partial charge in [0, 0.05) is 31.8 Å². The second-order valence-electron chi connectivity index (χ2n) is 5.09. The predicted octanol–water partition coefficient (Wildman–Crippen LogP) is 0.127. The number of carbonyl (C=O) groups excluding carboxylic acids is 1. The molecule has 3 N–H and O–H groups in total. The van der Waals surface area contributed by atoms with Crippen LogP contribution >= 0.6 is 12.4 Å². The summed E-state index contributed by atoms with van der Waals surface area (Å²) in [4.78, 5) is 14.0. The molecule has 0 aromatic rings. The van der Waals surface area contributed by atoms with Crippen LogP contribution < -0.4 is 11.1 Å². The Morgan fingerprint density at radius 3 is 2.72 bits per heavy atom. The molecule has 1 atom stereocenters. The van der Waals surface area contributed by atoms with Gasteiger partial charge in [0.15, 0.2) is 0 Å². The number of carbonyl (C=O) groups is 1. The quantitative estimate of drug-likeness (QED) is 0.769. The third-order valence-electron chi connectivity index (χ3n) is 3.50. The van der Waals surface area contributed by atoms with Crippen molar-refractivity contribution in [3.63, 3.8) is 0 Å². The Hall–Kier alpha value is -0.360. The van der Waals surface area contributed by atoms with Crippen LogP contribution in [-0.2, 0) is 9.53 Å². The van der Waals surface area contributed by atoms with Gasteiger partial charge in [0.1, 0.15) is 0 Å². The Morgan fingerprint density at radius 2 is 2.06 bits per heavy atom. The van der Waals surface area contributed by atoms with Crippen LogP contribution in [0, 0.1) is 0 Å². The Kier molecular flexibility index (Phi) is 6.92. The van der Waals surface area contributed by atoms with Crippen LogP contribution in [0.1, 0.15) is 25.7 Å². The fourth-order valence-electron chi connectivity index (χ4n) is 2.55. The van der Waals surface area contributed by atoms with Crippen LogP contribution in [0.5, 0.6) is 0 Å². The maximum absolute atomic E-state index is 11.9. The highest BCUT2D eigenvalue weighted by Crippen LogP contribution is 2.09. The van der Waals surface area contributed by atoms with Crippen molar-refractivity contribution in [1.29, 1.82) is 0 Å². The molecule has 6 heteroatoms. The summed E-state index contributed by atoms with van der Waals surface area (Å²) in [7, 11) is 0. The molecule has 0 radical (unpaired) electrons. The molecule has 2 aliphatic rings. The van der Waals surface area contributed by atoms with Crippen LogP contribution in [0.25, 0.3) is 0 Å². The Labute approximate surface area is 115 Å². The van der Waals surface area contributed by atoms with E-state index in [0.717, 1.165) is 52.0 Å². The zero-order valence-corrected chi connectivity index (χ0v) is 11.6. The molecule has 0 unspecified atom stereocenters. The van der Waals surface area contributed by atoms with E-state index >= 15 is 0 Å². The van der Waals surface area contributed by atoms with Gasteiger partial charge in [-0.25, -0.2) is 0 Å². The highest BCUT2D eigenvalue weighted by atomic mass is 35.5. The monoisotopic (exact) mass is 277 g/mol. The zero-order chi connectivity index (χ0) is 12.1. The molecule has 2 saturated heterocycles. The number of nitrogens with zero attached hydrogens (tertiary/aromatic N) is 1. The van der Waals surface area contributed by atoms with Gasteiger partial charge in [-0.1, -0.05) is 0 Å². The second kappa shape index (κ2) is 7.94. The topological polar surface area (TPSA) is 67.6 Å². The first-order valence-corrected chi connectivity index (χ1v) is 6.59. The molecule has 2 heterocycles. The third kappa shape index (κ3) is 5.10. The van der Waals surface area contributed by atoms with E-state index in [0.29, 0.717) is 12.6 Å². The molecular weight excluding hydrogens is 254 g/mol. The summed E-state index contributed by atoms with van der Waals surface area (Å²) in [5, 5.41) is 3.08. The minimum atomic E-state index is 0. The van der Waals surface area contributed by atoms with E-state index in [1.54, 1.807) is 0 Å². The molecule has 18 heavy (non-hydrogen) atoms. The van der Waals surface area contributed by atoms with E-state index in [1.165, 1.54) is 0 Å². The number of nitrogens with one attached hydrogen (secondary N) is 1. The highest BCUT2D eigenvalue weighted by Gasteiger charge is 2.21. The van der Waals surface area contributed by atoms with E-state index in [4.69, 9.17) is 10.5 Å². The van der Waals surface area contributed by atoms with E-state index in [9.17, 15) is 4.79 Å². The number of rotatable bonds is 3. The molecule has 1 amide bonds. The lowest BCUT2D eigenvalue weighted by Crippen LogP contribution is -2.49. The molecule has 0 spiro atoms. The number of halogens is 1. The molecule has 0 saturated carbocycles. The number of hydrogen-bond acceptors (Lipinski definition) is 4. The first kappa shape index (κ1) is 15.7. The van der Waals surface area contributed by atoms with Crippen molar-refractivity contribution in [3.8, 4) is 0 Å². The molecule has 2 fully saturated rings. The van der Waals surface area contributed by atoms with Crippen molar-refractivity contribution in [2.24, 2.45) is 5.73 Å². The summed E-state index contributed by atoms with van der Waals surface area (Å²) in [6.07, 6.45) is 4.06. The van der Waals surface area contributed by atoms with Crippen LogP contribution in [0.3, 0.4) is 0 Å². The maximum atomic E-state index is 11.9. The van der Waals surface area contributed by atoms with Gasteiger partial charge in [-0.3, -0.25) is 9.69 Å². The SMILES string of the molecule is Cl.N[C@@H]1CCCN(CC(=O)NC2CCOCC2)C1. The summed E-state index contributed by atoms with van der Waals surface area (Å²) >= 11 is 0. The van der Waals surface area contributed by atoms with Crippen LogP contribution in [0.4, 0.5) is 0 Å². The van der Waals surface area contributed by atoms with E-state index in [1.807, 2.05) is 0 Å². The van der Waals surface area contributed by atoms with Crippen molar-refractivity contribution in [2.75, 3.05) is 32.8 Å². The Morgan fingerprint density at radius 1 is 1.33 bits per heavy atom. The van der Waals surface area contributed by atoms with E-state index < -0.39 is 0 Å². The molecule has 0 bridgehead atoms. The minimum Gasteiger partial charge on any atom is -0.381 e. The number of amides is 1. The molecule has 2 aliphatic heterocycles. The summed E-state index contributed by atoms with van der Waals surface area (Å²) in [5.41, 5.74) is 5.90. The minimum absolute atomic E-state index is 0. The van der Waals surface area contributed by atoms with Crippen molar-refractivity contribution in [2.45, 2.75) is 37.8 Å². The van der Waals surface area contributed by atoms with Crippen molar-refractivity contribution < 1.29 is 9.53 Å². The van der Waals surface area contributed by atoms with Gasteiger partial charge in [-0.05, 0) is 32.2 Å². The van der Waals surface area contributed by atoms with Gasteiger partial charge in [0.2, 0.25) is 5.91 Å². The number of likely N-dealkylation sites (tertiary alicyclic amines) is 1. The summed E-state index contributed by atoms with van der Waals surface area (Å²) in [6, 6.07) is 0.536. The van der Waals surface area contributed by atoms with Gasteiger partial charge < -0.3 is 15.8 Å². The highest BCUT2D eigenvalue weighted by molar-refractivity contribution is 5.85. The van der Waals surface area contributed by atoms with Crippen LogP contribution in [0.2, 0.25) is 0 Å². The van der Waals surface area contributed by atoms with Gasteiger partial charge in [0.25, 0.3) is 0 Å². The predicted molar refractivity (Wildman–Crippen MR) is 72.9 cm³/mol. The van der Waals surface area contributed by atoms with Gasteiger partial charge in [-0.15, -0.1) is 12.4 Å². The number of nitrogens with two attached hydrogens (primary N) is 1. The summed E-state index contributed by atoms with van der Waals surface area (Å²) < 4.78 is 5.27. The van der Waals surface area contributed by atoms with Crippen LogP contribution in [-0.4, -0.2) is 55.7 Å². The fourth-order valence-corrected chi connectivity index (χ4v) is 2.55. The fraction of sp³-hybridized carbons (Fsp3) is 0.917. The third-order valence-corrected chi connectivity index (χ3v) is 3.50. The molecular formula is C12H24ClN3O2. The van der Waals surface area contributed by atoms with Crippen molar-refractivity contribution >= 4 is 18.3 Å². The van der Waals surface area contributed by atoms with Crippen LogP contribution in [0.15, 0.2) is 0 Å². The first-order chi connectivity index (χ1) is 8.24. The molecule has 106 valence electrons. The van der Waals surface area contributed by atoms with E-state index in [2.05, 4.69) is 10.2 Å². The smallest absolute Gasteiger partial charge is 0.234 e. The van der Waals surface area contributed by atoms with Gasteiger partial charge in [0.05, 0.1) is 6.54 Å². The van der Waals surface area contributed by atoms with Gasteiger partial charge >= 0.3 is 0 Å². The summed E-state index contributed by atoms with van der Waals surface area (Å²) in [6.45, 7) is 3.86. The number of piperidine rings is 1. The lowest BCUT2D eigenvalue weighted by Gasteiger charge is -2.31. The van der Waals surface area contributed by atoms with Crippen molar-refractivity contribution in [3.05, 3.63) is 0 Å². The molecule has 2 rings (SSSR count). The number of hydrogen-bond donors (Lipinski definition) is 2. The maximum Gasteiger partial charge on any atom is 0.234 e. The standard InChI is InChI=1S/C12H23N3O2.ClH/c13-10-2-1-5-15(8-10)9-12(16)14-11-3-6-17-7-4-11;/h10-11H,1-9,13H2,(H,14,16);1H/t10-;/m1./s1. The normalized spacial score (nSPS) is 26.4. The Balaban J connectivity index is 0.00000162. The molecule has 0 aromatic heterocycles. The average molecular weight is 278 g/mol. The lowest BCUT2D eigenvalue weighted by atomic mass is 10.1. The van der Waals surface area contributed by atoms with E-state index in [-0.39, 0.29) is 24.4 Å². The largest absolute Gasteiger partial charge is 0.381 e. The molecule has 0 aromatic carbocycles. The molecule has 5 nitrogen and oxygen atoms in total. The zero-order valence-electron chi connectivity index (χ0n) is 10.8. The average Bonchev–Trinajstić information content (AvgIpc) is 2.30.